The van der Waals surface area contributed by atoms with Crippen LogP contribution in [0.15, 0.2) is 47.0 Å². The monoisotopic (exact) mass is 367 g/mol. The van der Waals surface area contributed by atoms with Gasteiger partial charge in [-0.05, 0) is 25.0 Å². The summed E-state index contributed by atoms with van der Waals surface area (Å²) in [5.74, 6) is -0.606. The van der Waals surface area contributed by atoms with Gasteiger partial charge in [0.2, 0.25) is 0 Å². The predicted octanol–water partition coefficient (Wildman–Crippen LogP) is 3.02. The largest absolute Gasteiger partial charge is 0.478 e. The van der Waals surface area contributed by atoms with Crippen LogP contribution in [0.1, 0.15) is 50.4 Å². The van der Waals surface area contributed by atoms with E-state index >= 15 is 0 Å². The van der Waals surface area contributed by atoms with Crippen molar-refractivity contribution in [2.75, 3.05) is 0 Å². The topological polar surface area (TPSA) is 97.4 Å². The first kappa shape index (κ1) is 18.4. The van der Waals surface area contributed by atoms with Gasteiger partial charge < -0.3 is 14.8 Å². The second-order valence-corrected chi connectivity index (χ2v) is 6.17. The van der Waals surface area contributed by atoms with Crippen LogP contribution in [0.2, 0.25) is 0 Å². The minimum atomic E-state index is -1.05. The summed E-state index contributed by atoms with van der Waals surface area (Å²) < 4.78 is 7.21. The zero-order valence-corrected chi connectivity index (χ0v) is 15.2. The number of nitrogens with zero attached hydrogens (tertiary/aromatic N) is 2. The summed E-state index contributed by atoms with van der Waals surface area (Å²) in [5.41, 5.74) is 2.56. The lowest BCUT2D eigenvalue weighted by Crippen LogP contribution is -2.23. The van der Waals surface area contributed by atoms with E-state index < -0.39 is 5.97 Å². The Labute approximate surface area is 156 Å². The third-order valence-electron chi connectivity index (χ3n) is 4.33. The lowest BCUT2D eigenvalue weighted by molar-refractivity contribution is 0.0694. The number of rotatable bonds is 7. The molecule has 7 heteroatoms. The summed E-state index contributed by atoms with van der Waals surface area (Å²) >= 11 is 0. The van der Waals surface area contributed by atoms with E-state index in [9.17, 15) is 9.59 Å². The quantitative estimate of drug-likeness (QED) is 0.669. The van der Waals surface area contributed by atoms with Gasteiger partial charge in [-0.3, -0.25) is 9.48 Å². The molecule has 27 heavy (non-hydrogen) atoms. The molecule has 3 aromatic rings. The molecule has 0 radical (unpaired) electrons. The highest BCUT2D eigenvalue weighted by Crippen LogP contribution is 2.16. The summed E-state index contributed by atoms with van der Waals surface area (Å²) in [5, 5.41) is 16.2. The fraction of sp³-hybridized carbons (Fsp3) is 0.250. The normalized spacial score (nSPS) is 10.7. The molecule has 0 aliphatic rings. The summed E-state index contributed by atoms with van der Waals surface area (Å²) in [4.78, 5) is 23.6. The van der Waals surface area contributed by atoms with Gasteiger partial charge in [0.05, 0.1) is 30.5 Å². The van der Waals surface area contributed by atoms with Crippen molar-refractivity contribution in [2.24, 2.45) is 0 Å². The number of amides is 1. The third kappa shape index (κ3) is 4.08. The van der Waals surface area contributed by atoms with Gasteiger partial charge in [0, 0.05) is 0 Å². The summed E-state index contributed by atoms with van der Waals surface area (Å²) in [7, 11) is 0. The van der Waals surface area contributed by atoms with Crippen molar-refractivity contribution < 1.29 is 19.1 Å². The van der Waals surface area contributed by atoms with Crippen LogP contribution in [0.3, 0.4) is 0 Å². The van der Waals surface area contributed by atoms with Crippen molar-refractivity contribution in [3.8, 4) is 0 Å². The Morgan fingerprint density at radius 1 is 1.22 bits per heavy atom. The SMILES string of the molecule is CCc1c(C(=O)NCc2cc(C(=O)O)c(C)o2)cnn1Cc1ccccc1. The maximum Gasteiger partial charge on any atom is 0.339 e. The maximum atomic E-state index is 12.6. The highest BCUT2D eigenvalue weighted by Gasteiger charge is 2.18. The molecule has 0 unspecified atom stereocenters. The van der Waals surface area contributed by atoms with Gasteiger partial charge in [0.15, 0.2) is 0 Å². The lowest BCUT2D eigenvalue weighted by Gasteiger charge is -2.08. The fourth-order valence-electron chi connectivity index (χ4n) is 2.97. The summed E-state index contributed by atoms with van der Waals surface area (Å²) in [6, 6.07) is 11.3. The Hall–Kier alpha value is -3.35. The second-order valence-electron chi connectivity index (χ2n) is 6.17. The van der Waals surface area contributed by atoms with Crippen LogP contribution in [0, 0.1) is 6.92 Å². The first-order valence-electron chi connectivity index (χ1n) is 8.69. The molecule has 7 nitrogen and oxygen atoms in total. The Balaban J connectivity index is 1.71. The number of carboxylic acid groups (broad SMARTS) is 1. The van der Waals surface area contributed by atoms with E-state index in [-0.39, 0.29) is 18.0 Å². The highest BCUT2D eigenvalue weighted by molar-refractivity contribution is 5.95. The molecule has 1 aromatic carbocycles. The van der Waals surface area contributed by atoms with Crippen LogP contribution in [0.4, 0.5) is 0 Å². The van der Waals surface area contributed by atoms with Crippen molar-refractivity contribution in [3.63, 3.8) is 0 Å². The van der Waals surface area contributed by atoms with Crippen molar-refractivity contribution >= 4 is 11.9 Å². The first-order valence-corrected chi connectivity index (χ1v) is 8.69. The number of carbonyl (C=O) groups excluding carboxylic acids is 1. The Morgan fingerprint density at radius 3 is 2.59 bits per heavy atom. The molecule has 0 aliphatic heterocycles. The molecular formula is C20H21N3O4. The van der Waals surface area contributed by atoms with Crippen molar-refractivity contribution in [2.45, 2.75) is 33.4 Å². The van der Waals surface area contributed by atoms with Gasteiger partial charge >= 0.3 is 5.97 Å². The molecular weight excluding hydrogens is 346 g/mol. The van der Waals surface area contributed by atoms with Crippen LogP contribution in [-0.4, -0.2) is 26.8 Å². The minimum Gasteiger partial charge on any atom is -0.478 e. The number of benzene rings is 1. The lowest BCUT2D eigenvalue weighted by atomic mass is 10.1. The number of carbonyl (C=O) groups is 2. The first-order chi connectivity index (χ1) is 13.0. The van der Waals surface area contributed by atoms with E-state index in [1.165, 1.54) is 6.07 Å². The van der Waals surface area contributed by atoms with Crippen molar-refractivity contribution in [1.82, 2.24) is 15.1 Å². The molecule has 0 atom stereocenters. The average molecular weight is 367 g/mol. The zero-order valence-electron chi connectivity index (χ0n) is 15.2. The van der Waals surface area contributed by atoms with Crippen LogP contribution in [0.25, 0.3) is 0 Å². The molecule has 0 fully saturated rings. The van der Waals surface area contributed by atoms with Crippen molar-refractivity contribution in [1.29, 1.82) is 0 Å². The van der Waals surface area contributed by atoms with Gasteiger partial charge in [-0.2, -0.15) is 5.10 Å². The molecule has 0 saturated carbocycles. The average Bonchev–Trinajstić information content (AvgIpc) is 3.23. The Kier molecular flexibility index (Phi) is 5.40. The molecule has 1 amide bonds. The molecule has 0 saturated heterocycles. The molecule has 0 bridgehead atoms. The van der Waals surface area contributed by atoms with Crippen LogP contribution < -0.4 is 5.32 Å². The smallest absolute Gasteiger partial charge is 0.339 e. The number of aromatic carboxylic acids is 1. The van der Waals surface area contributed by atoms with E-state index in [1.807, 2.05) is 41.9 Å². The molecule has 3 rings (SSSR count). The maximum absolute atomic E-state index is 12.6. The number of furan rings is 1. The van der Waals surface area contributed by atoms with E-state index in [0.29, 0.717) is 30.0 Å². The number of nitrogens with one attached hydrogen (secondary N) is 1. The zero-order chi connectivity index (χ0) is 19.4. The number of hydrogen-bond acceptors (Lipinski definition) is 4. The number of aromatic nitrogens is 2. The van der Waals surface area contributed by atoms with E-state index in [2.05, 4.69) is 10.4 Å². The van der Waals surface area contributed by atoms with Gasteiger partial charge in [-0.1, -0.05) is 37.3 Å². The molecule has 2 N–H and O–H groups in total. The molecule has 2 heterocycles. The minimum absolute atomic E-state index is 0.101. The summed E-state index contributed by atoms with van der Waals surface area (Å²) in [6.45, 7) is 4.26. The van der Waals surface area contributed by atoms with Crippen LogP contribution >= 0.6 is 0 Å². The standard InChI is InChI=1S/C20H21N3O4/c1-3-18-17(11-22-23(18)12-14-7-5-4-6-8-14)19(24)21-10-15-9-16(20(25)26)13(2)27-15/h4-9,11H,3,10,12H2,1-2H3,(H,21,24)(H,25,26). The number of aryl methyl sites for hydroxylation is 1. The van der Waals surface area contributed by atoms with Crippen LogP contribution in [0.5, 0.6) is 0 Å². The Morgan fingerprint density at radius 2 is 1.96 bits per heavy atom. The summed E-state index contributed by atoms with van der Waals surface area (Å²) in [6.07, 6.45) is 2.23. The van der Waals surface area contributed by atoms with E-state index in [4.69, 9.17) is 9.52 Å². The van der Waals surface area contributed by atoms with Gasteiger partial charge in [-0.25, -0.2) is 4.79 Å². The number of carboxylic acids is 1. The van der Waals surface area contributed by atoms with Gasteiger partial charge in [0.25, 0.3) is 5.91 Å². The van der Waals surface area contributed by atoms with Gasteiger partial charge in [0.1, 0.15) is 17.1 Å². The molecule has 140 valence electrons. The fourth-order valence-corrected chi connectivity index (χ4v) is 2.97. The third-order valence-corrected chi connectivity index (χ3v) is 4.33. The Bertz CT molecular complexity index is 957. The molecule has 0 spiro atoms. The van der Waals surface area contributed by atoms with Crippen molar-refractivity contribution in [3.05, 3.63) is 76.5 Å². The molecule has 2 aromatic heterocycles. The van der Waals surface area contributed by atoms with E-state index in [0.717, 1.165) is 11.3 Å². The van der Waals surface area contributed by atoms with E-state index in [1.54, 1.807) is 13.1 Å². The molecule has 0 aliphatic carbocycles. The number of hydrogen-bond donors (Lipinski definition) is 2. The second kappa shape index (κ2) is 7.90. The van der Waals surface area contributed by atoms with Gasteiger partial charge in [-0.15, -0.1) is 0 Å². The highest BCUT2D eigenvalue weighted by atomic mass is 16.4. The van der Waals surface area contributed by atoms with Crippen LogP contribution in [-0.2, 0) is 19.5 Å². The predicted molar refractivity (Wildman–Crippen MR) is 98.7 cm³/mol.